The number of rotatable bonds is 5. The van der Waals surface area contributed by atoms with Gasteiger partial charge in [0.05, 0.1) is 12.1 Å². The predicted octanol–water partition coefficient (Wildman–Crippen LogP) is 2.43. The Labute approximate surface area is 154 Å². The zero-order valence-corrected chi connectivity index (χ0v) is 15.4. The number of likely N-dealkylation sites (tertiary alicyclic amines) is 1. The zero-order valence-electron chi connectivity index (χ0n) is 15.4. The van der Waals surface area contributed by atoms with Gasteiger partial charge >= 0.3 is 0 Å². The molecule has 1 saturated heterocycles. The molecule has 1 aliphatic heterocycles. The summed E-state index contributed by atoms with van der Waals surface area (Å²) in [6.07, 6.45) is 1.86. The van der Waals surface area contributed by atoms with Crippen molar-refractivity contribution in [2.45, 2.75) is 45.3 Å². The lowest BCUT2D eigenvalue weighted by molar-refractivity contribution is 0.0426. The first-order chi connectivity index (χ1) is 12.6. The number of amides is 1. The van der Waals surface area contributed by atoms with Gasteiger partial charge in [-0.25, -0.2) is 9.97 Å². The van der Waals surface area contributed by atoms with Crippen LogP contribution in [-0.2, 0) is 6.42 Å². The average Bonchev–Trinajstić information content (AvgIpc) is 2.63. The summed E-state index contributed by atoms with van der Waals surface area (Å²) >= 11 is 0. The molecule has 3 rings (SSSR count). The Morgan fingerprint density at radius 2 is 2.08 bits per heavy atom. The third-order valence-electron chi connectivity index (χ3n) is 4.60. The quantitative estimate of drug-likeness (QED) is 0.862. The maximum absolute atomic E-state index is 12.5. The number of nitrogens with zero attached hydrogens (tertiary/aromatic N) is 3. The fourth-order valence-electron chi connectivity index (χ4n) is 3.28. The van der Waals surface area contributed by atoms with Crippen LogP contribution in [0.25, 0.3) is 0 Å². The lowest BCUT2D eigenvalue weighted by atomic mass is 10.0. The van der Waals surface area contributed by atoms with Crippen molar-refractivity contribution in [2.24, 2.45) is 0 Å². The summed E-state index contributed by atoms with van der Waals surface area (Å²) in [5, 5.41) is 13.9. The summed E-state index contributed by atoms with van der Waals surface area (Å²) in [5.41, 5.74) is 1.57. The minimum Gasteiger partial charge on any atom is -0.389 e. The zero-order chi connectivity index (χ0) is 18.5. The second-order valence-corrected chi connectivity index (χ2v) is 6.78. The summed E-state index contributed by atoms with van der Waals surface area (Å²) in [6.45, 7) is 4.97. The number of aliphatic hydroxyl groups excluding tert-OH is 1. The molecule has 0 saturated carbocycles. The SMILES string of the molecule is CCCc1nc(C)cc(N[C@@H]2CCN(C(=O)c3ccccc3)C[C@H]2O)n1. The monoisotopic (exact) mass is 354 g/mol. The number of hydrogen-bond acceptors (Lipinski definition) is 5. The van der Waals surface area contributed by atoms with Crippen LogP contribution in [-0.4, -0.2) is 51.1 Å². The number of carbonyl (C=O) groups is 1. The minimum absolute atomic E-state index is 0.0359. The van der Waals surface area contributed by atoms with Gasteiger partial charge in [-0.3, -0.25) is 4.79 Å². The summed E-state index contributed by atoms with van der Waals surface area (Å²) < 4.78 is 0. The molecule has 1 aliphatic rings. The number of β-amino-alcohol motifs (C(OH)–C–C–N with tert-alkyl or cyclic N) is 1. The lowest BCUT2D eigenvalue weighted by Gasteiger charge is -2.36. The van der Waals surface area contributed by atoms with Crippen molar-refractivity contribution in [3.63, 3.8) is 0 Å². The van der Waals surface area contributed by atoms with Crippen molar-refractivity contribution in [1.82, 2.24) is 14.9 Å². The second kappa shape index (κ2) is 8.27. The van der Waals surface area contributed by atoms with Crippen LogP contribution >= 0.6 is 0 Å². The van der Waals surface area contributed by atoms with Crippen molar-refractivity contribution in [2.75, 3.05) is 18.4 Å². The number of piperidine rings is 1. The maximum atomic E-state index is 12.5. The summed E-state index contributed by atoms with van der Waals surface area (Å²) in [7, 11) is 0. The number of carbonyl (C=O) groups excluding carboxylic acids is 1. The minimum atomic E-state index is -0.638. The Kier molecular flexibility index (Phi) is 5.83. The first-order valence-electron chi connectivity index (χ1n) is 9.20. The molecule has 2 N–H and O–H groups in total. The number of hydrogen-bond donors (Lipinski definition) is 2. The Morgan fingerprint density at radius 3 is 2.77 bits per heavy atom. The molecule has 6 heteroatoms. The molecule has 1 aromatic carbocycles. The first-order valence-corrected chi connectivity index (χ1v) is 9.20. The van der Waals surface area contributed by atoms with Crippen LogP contribution in [0.4, 0.5) is 5.82 Å². The van der Waals surface area contributed by atoms with Crippen LogP contribution in [0.1, 0.15) is 41.6 Å². The average molecular weight is 354 g/mol. The number of aromatic nitrogens is 2. The predicted molar refractivity (Wildman–Crippen MR) is 101 cm³/mol. The standard InChI is InChI=1S/C20H26N4O2/c1-3-7-18-21-14(2)12-19(23-18)22-16-10-11-24(13-17(16)25)20(26)15-8-5-4-6-9-15/h4-6,8-9,12,16-17,25H,3,7,10-11,13H2,1-2H3,(H,21,22,23)/t16-,17-/m1/s1. The number of anilines is 1. The maximum Gasteiger partial charge on any atom is 0.253 e. The normalized spacial score (nSPS) is 20.0. The van der Waals surface area contributed by atoms with Gasteiger partial charge in [0.1, 0.15) is 11.6 Å². The van der Waals surface area contributed by atoms with Crippen molar-refractivity contribution < 1.29 is 9.90 Å². The van der Waals surface area contributed by atoms with E-state index < -0.39 is 6.10 Å². The smallest absolute Gasteiger partial charge is 0.253 e. The fourth-order valence-corrected chi connectivity index (χ4v) is 3.28. The van der Waals surface area contributed by atoms with Crippen LogP contribution in [0.15, 0.2) is 36.4 Å². The van der Waals surface area contributed by atoms with Gasteiger partial charge in [0.25, 0.3) is 5.91 Å². The van der Waals surface area contributed by atoms with Gasteiger partial charge in [0, 0.05) is 36.8 Å². The van der Waals surface area contributed by atoms with E-state index in [0.29, 0.717) is 25.1 Å². The third kappa shape index (κ3) is 4.38. The lowest BCUT2D eigenvalue weighted by Crippen LogP contribution is -2.51. The Bertz CT molecular complexity index is 751. The number of aryl methyl sites for hydroxylation is 2. The van der Waals surface area contributed by atoms with Gasteiger partial charge in [-0.15, -0.1) is 0 Å². The van der Waals surface area contributed by atoms with E-state index in [1.54, 1.807) is 17.0 Å². The van der Waals surface area contributed by atoms with Crippen LogP contribution in [0.5, 0.6) is 0 Å². The molecule has 6 nitrogen and oxygen atoms in total. The molecule has 0 radical (unpaired) electrons. The molecule has 1 amide bonds. The van der Waals surface area contributed by atoms with Crippen LogP contribution in [0, 0.1) is 6.92 Å². The Morgan fingerprint density at radius 1 is 1.31 bits per heavy atom. The van der Waals surface area contributed by atoms with Gasteiger partial charge in [-0.2, -0.15) is 0 Å². The molecule has 0 unspecified atom stereocenters. The molecule has 0 aliphatic carbocycles. The number of nitrogens with one attached hydrogen (secondary N) is 1. The number of benzene rings is 1. The van der Waals surface area contributed by atoms with E-state index in [4.69, 9.17) is 0 Å². The summed E-state index contributed by atoms with van der Waals surface area (Å²) in [4.78, 5) is 23.2. The topological polar surface area (TPSA) is 78.4 Å². The largest absolute Gasteiger partial charge is 0.389 e. The molecule has 26 heavy (non-hydrogen) atoms. The Hall–Kier alpha value is -2.47. The molecular weight excluding hydrogens is 328 g/mol. The highest BCUT2D eigenvalue weighted by atomic mass is 16.3. The van der Waals surface area contributed by atoms with Crippen molar-refractivity contribution in [3.05, 3.63) is 53.5 Å². The van der Waals surface area contributed by atoms with Crippen molar-refractivity contribution in [1.29, 1.82) is 0 Å². The van der Waals surface area contributed by atoms with E-state index in [9.17, 15) is 9.90 Å². The van der Waals surface area contributed by atoms with E-state index in [1.165, 1.54) is 0 Å². The van der Waals surface area contributed by atoms with Gasteiger partial charge in [-0.1, -0.05) is 25.1 Å². The van der Waals surface area contributed by atoms with Gasteiger partial charge in [0.15, 0.2) is 0 Å². The van der Waals surface area contributed by atoms with Gasteiger partial charge < -0.3 is 15.3 Å². The molecule has 2 aromatic rings. The van der Waals surface area contributed by atoms with E-state index in [-0.39, 0.29) is 11.9 Å². The summed E-state index contributed by atoms with van der Waals surface area (Å²) in [6, 6.07) is 11.0. The Balaban J connectivity index is 1.63. The molecular formula is C20H26N4O2. The van der Waals surface area contributed by atoms with E-state index >= 15 is 0 Å². The summed E-state index contributed by atoms with van der Waals surface area (Å²) in [5.74, 6) is 1.53. The van der Waals surface area contributed by atoms with E-state index in [1.807, 2.05) is 31.2 Å². The highest BCUT2D eigenvalue weighted by molar-refractivity contribution is 5.94. The van der Waals surface area contributed by atoms with E-state index in [2.05, 4.69) is 22.2 Å². The van der Waals surface area contributed by atoms with Gasteiger partial charge in [-0.05, 0) is 31.9 Å². The molecule has 2 heterocycles. The van der Waals surface area contributed by atoms with Crippen molar-refractivity contribution in [3.8, 4) is 0 Å². The third-order valence-corrected chi connectivity index (χ3v) is 4.60. The first kappa shape index (κ1) is 18.3. The molecule has 1 aromatic heterocycles. The second-order valence-electron chi connectivity index (χ2n) is 6.78. The molecule has 0 bridgehead atoms. The van der Waals surface area contributed by atoms with Crippen LogP contribution < -0.4 is 5.32 Å². The van der Waals surface area contributed by atoms with Crippen molar-refractivity contribution >= 4 is 11.7 Å². The van der Waals surface area contributed by atoms with Crippen LogP contribution in [0.2, 0.25) is 0 Å². The molecule has 138 valence electrons. The van der Waals surface area contributed by atoms with Gasteiger partial charge in [0.2, 0.25) is 0 Å². The molecule has 1 fully saturated rings. The highest BCUT2D eigenvalue weighted by Gasteiger charge is 2.30. The molecule has 0 spiro atoms. The number of aliphatic hydroxyl groups is 1. The fraction of sp³-hybridized carbons (Fsp3) is 0.450. The highest BCUT2D eigenvalue weighted by Crippen LogP contribution is 2.19. The van der Waals surface area contributed by atoms with E-state index in [0.717, 1.165) is 30.2 Å². The van der Waals surface area contributed by atoms with Crippen LogP contribution in [0.3, 0.4) is 0 Å². The molecule has 2 atom stereocenters.